The molecule has 0 aliphatic rings. The Hall–Kier alpha value is -1.77. The molecule has 3 aromatic rings. The first-order valence-corrected chi connectivity index (χ1v) is 7.03. The van der Waals surface area contributed by atoms with Crippen molar-refractivity contribution in [2.24, 2.45) is 5.73 Å². The van der Waals surface area contributed by atoms with Crippen molar-refractivity contribution in [2.75, 3.05) is 0 Å². The molecule has 0 fully saturated rings. The highest BCUT2D eigenvalue weighted by Gasteiger charge is 2.20. The summed E-state index contributed by atoms with van der Waals surface area (Å²) in [6.45, 7) is 2.11. The Kier molecular flexibility index (Phi) is 3.51. The van der Waals surface area contributed by atoms with E-state index in [0.29, 0.717) is 10.6 Å². The lowest BCUT2D eigenvalue weighted by Gasteiger charge is -2.18. The molecule has 2 atom stereocenters. The average molecular weight is 286 g/mol. The molecule has 2 aromatic carbocycles. The summed E-state index contributed by atoms with van der Waals surface area (Å²) in [5.74, 6) is 0.944. The zero-order chi connectivity index (χ0) is 14.1. The van der Waals surface area contributed by atoms with Gasteiger partial charge in [-0.15, -0.1) is 0 Å². The van der Waals surface area contributed by atoms with Gasteiger partial charge in [0.05, 0.1) is 11.1 Å². The Bertz CT molecular complexity index is 720. The normalized spacial score (nSPS) is 14.3. The minimum absolute atomic E-state index is 0.176. The van der Waals surface area contributed by atoms with Crippen molar-refractivity contribution in [3.8, 4) is 0 Å². The fourth-order valence-corrected chi connectivity index (χ4v) is 2.64. The van der Waals surface area contributed by atoms with Gasteiger partial charge in [-0.1, -0.05) is 61.0 Å². The first-order valence-electron chi connectivity index (χ1n) is 6.65. The van der Waals surface area contributed by atoms with Crippen LogP contribution in [0.5, 0.6) is 0 Å². The van der Waals surface area contributed by atoms with E-state index in [-0.39, 0.29) is 12.0 Å². The Labute approximate surface area is 123 Å². The smallest absolute Gasteiger partial charge is 0.152 e. The Morgan fingerprint density at radius 2 is 1.80 bits per heavy atom. The summed E-state index contributed by atoms with van der Waals surface area (Å²) < 4.78 is 5.85. The van der Waals surface area contributed by atoms with Crippen molar-refractivity contribution in [3.05, 3.63) is 70.9 Å². The molecule has 0 spiro atoms. The summed E-state index contributed by atoms with van der Waals surface area (Å²) >= 11 is 6.14. The average Bonchev–Trinajstić information content (AvgIpc) is 2.92. The molecule has 0 saturated heterocycles. The number of halogens is 1. The predicted molar refractivity (Wildman–Crippen MR) is 83.0 cm³/mol. The molecule has 2 N–H and O–H groups in total. The molecule has 1 aromatic heterocycles. The van der Waals surface area contributed by atoms with Crippen LogP contribution in [0.3, 0.4) is 0 Å². The predicted octanol–water partition coefficient (Wildman–Crippen LogP) is 4.89. The van der Waals surface area contributed by atoms with Crippen molar-refractivity contribution < 1.29 is 4.42 Å². The highest BCUT2D eigenvalue weighted by Crippen LogP contribution is 2.34. The van der Waals surface area contributed by atoms with Crippen molar-refractivity contribution >= 4 is 22.6 Å². The molecule has 0 bridgehead atoms. The number of hydrogen-bond donors (Lipinski definition) is 1. The van der Waals surface area contributed by atoms with Crippen LogP contribution in [0.4, 0.5) is 0 Å². The van der Waals surface area contributed by atoms with Gasteiger partial charge in [-0.2, -0.15) is 0 Å². The number of para-hydroxylation sites is 1. The molecule has 1 heterocycles. The van der Waals surface area contributed by atoms with Gasteiger partial charge in [0.15, 0.2) is 5.58 Å². The van der Waals surface area contributed by atoms with Gasteiger partial charge >= 0.3 is 0 Å². The third-order valence-corrected chi connectivity index (χ3v) is 4.01. The summed E-state index contributed by atoms with van der Waals surface area (Å²) in [5, 5.41) is 1.61. The quantitative estimate of drug-likeness (QED) is 0.744. The molecule has 2 unspecified atom stereocenters. The number of hydrogen-bond acceptors (Lipinski definition) is 2. The van der Waals surface area contributed by atoms with Crippen LogP contribution in [0.15, 0.2) is 59.0 Å². The maximum absolute atomic E-state index is 6.35. The van der Waals surface area contributed by atoms with Crippen LogP contribution in [0.1, 0.15) is 30.2 Å². The Morgan fingerprint density at radius 3 is 2.50 bits per heavy atom. The highest BCUT2D eigenvalue weighted by molar-refractivity contribution is 6.34. The fourth-order valence-electron chi connectivity index (χ4n) is 2.42. The zero-order valence-electron chi connectivity index (χ0n) is 11.2. The second kappa shape index (κ2) is 5.31. The number of furan rings is 1. The van der Waals surface area contributed by atoms with Crippen molar-refractivity contribution in [1.29, 1.82) is 0 Å². The first kappa shape index (κ1) is 13.2. The molecule has 0 aliphatic carbocycles. The van der Waals surface area contributed by atoms with Gasteiger partial charge in [0.25, 0.3) is 0 Å². The second-order valence-electron chi connectivity index (χ2n) is 5.03. The van der Waals surface area contributed by atoms with Crippen LogP contribution in [0, 0.1) is 0 Å². The van der Waals surface area contributed by atoms with Gasteiger partial charge in [-0.05, 0) is 17.7 Å². The lowest BCUT2D eigenvalue weighted by Crippen LogP contribution is -2.16. The van der Waals surface area contributed by atoms with Crippen LogP contribution in [0.2, 0.25) is 5.02 Å². The summed E-state index contributed by atoms with van der Waals surface area (Å²) in [4.78, 5) is 0. The van der Waals surface area contributed by atoms with Gasteiger partial charge in [0.2, 0.25) is 0 Å². The van der Waals surface area contributed by atoms with Crippen LogP contribution < -0.4 is 5.73 Å². The fraction of sp³-hybridized carbons (Fsp3) is 0.176. The second-order valence-corrected chi connectivity index (χ2v) is 5.44. The molecule has 0 saturated carbocycles. The summed E-state index contributed by atoms with van der Waals surface area (Å²) in [7, 11) is 0. The molecule has 0 amide bonds. The summed E-state index contributed by atoms with van der Waals surface area (Å²) in [6.07, 6.45) is 0. The number of rotatable bonds is 3. The topological polar surface area (TPSA) is 39.2 Å². The zero-order valence-corrected chi connectivity index (χ0v) is 12.0. The molecule has 3 heteroatoms. The Morgan fingerprint density at radius 1 is 1.05 bits per heavy atom. The molecular weight excluding hydrogens is 270 g/mol. The van der Waals surface area contributed by atoms with Gasteiger partial charge in [0, 0.05) is 11.3 Å². The van der Waals surface area contributed by atoms with Crippen molar-refractivity contribution in [2.45, 2.75) is 18.9 Å². The summed E-state index contributed by atoms with van der Waals surface area (Å²) in [6, 6.07) is 17.7. The third-order valence-electron chi connectivity index (χ3n) is 3.71. The van der Waals surface area contributed by atoms with Gasteiger partial charge in [-0.25, -0.2) is 0 Å². The Balaban J connectivity index is 1.96. The van der Waals surface area contributed by atoms with E-state index < -0.39 is 0 Å². The number of fused-ring (bicyclic) bond motifs is 1. The third kappa shape index (κ3) is 2.33. The maximum atomic E-state index is 6.35. The first-order chi connectivity index (χ1) is 9.66. The lowest BCUT2D eigenvalue weighted by atomic mass is 9.92. The van der Waals surface area contributed by atoms with Gasteiger partial charge < -0.3 is 10.2 Å². The number of nitrogens with two attached hydrogens (primary N) is 1. The molecule has 3 rings (SSSR count). The van der Waals surface area contributed by atoms with Gasteiger partial charge in [0.1, 0.15) is 5.76 Å². The molecule has 0 aliphatic heterocycles. The molecule has 102 valence electrons. The molecule has 2 nitrogen and oxygen atoms in total. The van der Waals surface area contributed by atoms with Crippen LogP contribution >= 0.6 is 11.6 Å². The van der Waals surface area contributed by atoms with E-state index in [1.165, 1.54) is 5.56 Å². The van der Waals surface area contributed by atoms with Crippen LogP contribution in [0.25, 0.3) is 11.0 Å². The van der Waals surface area contributed by atoms with Crippen molar-refractivity contribution in [1.82, 2.24) is 0 Å². The van der Waals surface area contributed by atoms with E-state index >= 15 is 0 Å². The van der Waals surface area contributed by atoms with Crippen molar-refractivity contribution in [3.63, 3.8) is 0 Å². The van der Waals surface area contributed by atoms with Crippen LogP contribution in [-0.2, 0) is 0 Å². The molecule has 20 heavy (non-hydrogen) atoms. The van der Waals surface area contributed by atoms with E-state index in [0.717, 1.165) is 11.1 Å². The molecular formula is C17H16ClNO. The monoisotopic (exact) mass is 285 g/mol. The van der Waals surface area contributed by atoms with E-state index in [9.17, 15) is 0 Å². The standard InChI is InChI=1S/C17H16ClNO/c1-11(12-6-3-2-4-7-12)16(19)15-10-13-8-5-9-14(18)17(13)20-15/h2-11,16H,19H2,1H3. The SMILES string of the molecule is CC(c1ccccc1)C(N)c1cc2cccc(Cl)c2o1. The minimum atomic E-state index is -0.194. The molecule has 0 radical (unpaired) electrons. The number of benzene rings is 2. The van der Waals surface area contributed by atoms with E-state index in [1.54, 1.807) is 0 Å². The minimum Gasteiger partial charge on any atom is -0.458 e. The largest absolute Gasteiger partial charge is 0.458 e. The van der Waals surface area contributed by atoms with E-state index in [4.69, 9.17) is 21.8 Å². The highest BCUT2D eigenvalue weighted by atomic mass is 35.5. The van der Waals surface area contributed by atoms with Gasteiger partial charge in [-0.3, -0.25) is 0 Å². The lowest BCUT2D eigenvalue weighted by molar-refractivity contribution is 0.458. The van der Waals surface area contributed by atoms with E-state index in [2.05, 4.69) is 19.1 Å². The maximum Gasteiger partial charge on any atom is 0.152 e. The van der Waals surface area contributed by atoms with Crippen LogP contribution in [-0.4, -0.2) is 0 Å². The summed E-state index contributed by atoms with van der Waals surface area (Å²) in [5.41, 5.74) is 8.26. The van der Waals surface area contributed by atoms with E-state index in [1.807, 2.05) is 42.5 Å².